The highest BCUT2D eigenvalue weighted by atomic mass is 16.5. The van der Waals surface area contributed by atoms with Gasteiger partial charge in [0.25, 0.3) is 0 Å². The minimum absolute atomic E-state index is 0.395. The minimum Gasteiger partial charge on any atom is -0.493 e. The molecule has 4 heteroatoms. The molecule has 0 bridgehead atoms. The second-order valence-electron chi connectivity index (χ2n) is 7.34. The molecule has 1 N–H and O–H groups in total. The van der Waals surface area contributed by atoms with Crippen LogP contribution < -0.4 is 4.74 Å². The Kier molecular flexibility index (Phi) is 4.67. The predicted octanol–water partition coefficient (Wildman–Crippen LogP) is 3.21. The van der Waals surface area contributed by atoms with Crippen LogP contribution in [0.25, 0.3) is 0 Å². The van der Waals surface area contributed by atoms with Crippen LogP contribution in [0.15, 0.2) is 48.5 Å². The van der Waals surface area contributed by atoms with E-state index < -0.39 is 11.5 Å². The summed E-state index contributed by atoms with van der Waals surface area (Å²) < 4.78 is 5.54. The molecule has 2 aromatic carbocycles. The van der Waals surface area contributed by atoms with E-state index in [-0.39, 0.29) is 0 Å². The van der Waals surface area contributed by atoms with Crippen LogP contribution in [-0.4, -0.2) is 36.2 Å². The molecule has 0 amide bonds. The Labute approximate surface area is 154 Å². The van der Waals surface area contributed by atoms with Gasteiger partial charge in [-0.3, -0.25) is 0 Å². The zero-order valence-corrected chi connectivity index (χ0v) is 14.9. The highest BCUT2D eigenvalue weighted by Crippen LogP contribution is 2.35. The Morgan fingerprint density at radius 1 is 1.15 bits per heavy atom. The Balaban J connectivity index is 1.40. The number of hydrogen-bond acceptors (Lipinski definition) is 4. The number of aliphatic hydroxyl groups excluding tert-OH is 1. The molecular weight excluding hydrogens is 324 g/mol. The Morgan fingerprint density at radius 2 is 1.92 bits per heavy atom. The molecular formula is C22H24N2O2. The van der Waals surface area contributed by atoms with Gasteiger partial charge >= 0.3 is 0 Å². The van der Waals surface area contributed by atoms with Gasteiger partial charge in [0.05, 0.1) is 24.2 Å². The molecule has 2 heterocycles. The van der Waals surface area contributed by atoms with Crippen LogP contribution in [0.1, 0.15) is 35.6 Å². The molecule has 1 saturated heterocycles. The lowest BCUT2D eigenvalue weighted by Crippen LogP contribution is -2.43. The maximum Gasteiger partial charge on any atom is 0.122 e. The standard InChI is InChI=1S/C22H24N2O2/c23-16-22(19-4-2-1-3-5-19)9-11-24(12-10-22)15-20(25)17-6-7-21-18(14-17)8-13-26-21/h1-7,14,20,25H,8-13,15H2. The van der Waals surface area contributed by atoms with Gasteiger partial charge in [0, 0.05) is 26.1 Å². The predicted molar refractivity (Wildman–Crippen MR) is 100 cm³/mol. The number of piperidine rings is 1. The maximum atomic E-state index is 10.7. The number of aliphatic hydroxyl groups is 1. The van der Waals surface area contributed by atoms with Crippen molar-refractivity contribution in [2.45, 2.75) is 30.8 Å². The van der Waals surface area contributed by atoms with Crippen molar-refractivity contribution >= 4 is 0 Å². The van der Waals surface area contributed by atoms with E-state index in [0.29, 0.717) is 6.54 Å². The van der Waals surface area contributed by atoms with Crippen molar-refractivity contribution in [3.63, 3.8) is 0 Å². The lowest BCUT2D eigenvalue weighted by Gasteiger charge is -2.38. The van der Waals surface area contributed by atoms with Crippen molar-refractivity contribution in [2.75, 3.05) is 26.2 Å². The molecule has 0 aliphatic carbocycles. The number of likely N-dealkylation sites (tertiary alicyclic amines) is 1. The van der Waals surface area contributed by atoms with E-state index >= 15 is 0 Å². The van der Waals surface area contributed by atoms with Crippen molar-refractivity contribution in [3.05, 3.63) is 65.2 Å². The van der Waals surface area contributed by atoms with E-state index in [9.17, 15) is 10.4 Å². The Bertz CT molecular complexity index is 805. The first-order valence-electron chi connectivity index (χ1n) is 9.33. The van der Waals surface area contributed by atoms with Gasteiger partial charge in [0.15, 0.2) is 0 Å². The summed E-state index contributed by atoms with van der Waals surface area (Å²) in [5.74, 6) is 0.945. The van der Waals surface area contributed by atoms with Gasteiger partial charge in [0.2, 0.25) is 0 Å². The van der Waals surface area contributed by atoms with E-state index in [2.05, 4.69) is 29.2 Å². The molecule has 0 radical (unpaired) electrons. The van der Waals surface area contributed by atoms with Crippen LogP contribution in [0, 0.1) is 11.3 Å². The second-order valence-corrected chi connectivity index (χ2v) is 7.34. The van der Waals surface area contributed by atoms with Gasteiger partial charge in [-0.2, -0.15) is 5.26 Å². The average molecular weight is 348 g/mol. The summed E-state index contributed by atoms with van der Waals surface area (Å²) in [7, 11) is 0. The van der Waals surface area contributed by atoms with Gasteiger partial charge in [-0.05, 0) is 41.7 Å². The third-order valence-corrected chi connectivity index (χ3v) is 5.78. The highest BCUT2D eigenvalue weighted by Gasteiger charge is 2.36. The number of benzene rings is 2. The van der Waals surface area contributed by atoms with Crippen molar-refractivity contribution in [2.24, 2.45) is 0 Å². The quantitative estimate of drug-likeness (QED) is 0.922. The zero-order chi connectivity index (χ0) is 18.0. The molecule has 0 spiro atoms. The zero-order valence-electron chi connectivity index (χ0n) is 14.9. The number of ether oxygens (including phenoxy) is 1. The molecule has 1 unspecified atom stereocenters. The summed E-state index contributed by atoms with van der Waals surface area (Å²) in [6.07, 6.45) is 2.02. The van der Waals surface area contributed by atoms with Gasteiger partial charge in [-0.15, -0.1) is 0 Å². The summed E-state index contributed by atoms with van der Waals surface area (Å²) in [5, 5.41) is 20.5. The summed E-state index contributed by atoms with van der Waals surface area (Å²) in [4.78, 5) is 2.27. The number of hydrogen-bond donors (Lipinski definition) is 1. The van der Waals surface area contributed by atoms with Crippen LogP contribution in [0.5, 0.6) is 5.75 Å². The number of rotatable bonds is 4. The summed E-state index contributed by atoms with van der Waals surface area (Å²) in [6.45, 7) is 2.99. The van der Waals surface area contributed by atoms with E-state index in [1.54, 1.807) is 0 Å². The fourth-order valence-electron chi connectivity index (χ4n) is 4.10. The van der Waals surface area contributed by atoms with E-state index in [1.165, 1.54) is 5.56 Å². The fourth-order valence-corrected chi connectivity index (χ4v) is 4.10. The molecule has 26 heavy (non-hydrogen) atoms. The van der Waals surface area contributed by atoms with Crippen LogP contribution in [0.2, 0.25) is 0 Å². The molecule has 134 valence electrons. The largest absolute Gasteiger partial charge is 0.493 e. The highest BCUT2D eigenvalue weighted by molar-refractivity contribution is 5.40. The lowest BCUT2D eigenvalue weighted by atomic mass is 9.74. The van der Waals surface area contributed by atoms with Crippen LogP contribution >= 0.6 is 0 Å². The topological polar surface area (TPSA) is 56.5 Å². The van der Waals surface area contributed by atoms with E-state index in [1.807, 2.05) is 30.3 Å². The van der Waals surface area contributed by atoms with Gasteiger partial charge < -0.3 is 14.7 Å². The monoisotopic (exact) mass is 348 g/mol. The van der Waals surface area contributed by atoms with Crippen molar-refractivity contribution in [1.82, 2.24) is 4.90 Å². The molecule has 0 aromatic heterocycles. The number of β-amino-alcohol motifs (C(OH)–C–C–N with tert-alkyl or cyclic N) is 1. The number of fused-ring (bicyclic) bond motifs is 1. The molecule has 4 rings (SSSR count). The molecule has 0 saturated carbocycles. The molecule has 2 aliphatic heterocycles. The summed E-state index contributed by atoms with van der Waals surface area (Å²) in [5.41, 5.74) is 2.86. The number of nitrogens with zero attached hydrogens (tertiary/aromatic N) is 2. The van der Waals surface area contributed by atoms with Crippen molar-refractivity contribution in [1.29, 1.82) is 5.26 Å². The molecule has 2 aromatic rings. The van der Waals surface area contributed by atoms with Gasteiger partial charge in [0.1, 0.15) is 5.75 Å². The third-order valence-electron chi connectivity index (χ3n) is 5.78. The Hall–Kier alpha value is -2.35. The first-order valence-corrected chi connectivity index (χ1v) is 9.33. The van der Waals surface area contributed by atoms with Crippen LogP contribution in [0.3, 0.4) is 0 Å². The van der Waals surface area contributed by atoms with E-state index in [4.69, 9.17) is 4.74 Å². The second kappa shape index (κ2) is 7.11. The van der Waals surface area contributed by atoms with E-state index in [0.717, 1.165) is 55.8 Å². The normalized spacial score (nSPS) is 20.0. The fraction of sp³-hybridized carbons (Fsp3) is 0.409. The Morgan fingerprint density at radius 3 is 2.65 bits per heavy atom. The molecule has 1 fully saturated rings. The number of nitriles is 1. The van der Waals surface area contributed by atoms with Crippen molar-refractivity contribution in [3.8, 4) is 11.8 Å². The average Bonchev–Trinajstić information content (AvgIpc) is 3.17. The smallest absolute Gasteiger partial charge is 0.122 e. The minimum atomic E-state index is -0.507. The maximum absolute atomic E-state index is 10.7. The first kappa shape index (κ1) is 17.1. The molecule has 1 atom stereocenters. The molecule has 4 nitrogen and oxygen atoms in total. The first-order chi connectivity index (χ1) is 12.7. The van der Waals surface area contributed by atoms with Crippen LogP contribution in [0.4, 0.5) is 0 Å². The third kappa shape index (κ3) is 3.21. The summed E-state index contributed by atoms with van der Waals surface area (Å²) in [6, 6.07) is 18.7. The van der Waals surface area contributed by atoms with Gasteiger partial charge in [-0.1, -0.05) is 36.4 Å². The molecule has 2 aliphatic rings. The SMILES string of the molecule is N#CC1(c2ccccc2)CCN(CC(O)c2ccc3c(c2)CCO3)CC1. The lowest BCUT2D eigenvalue weighted by molar-refractivity contribution is 0.0897. The summed E-state index contributed by atoms with van der Waals surface area (Å²) >= 11 is 0. The van der Waals surface area contributed by atoms with Gasteiger partial charge in [-0.25, -0.2) is 0 Å². The van der Waals surface area contributed by atoms with Crippen LogP contribution in [-0.2, 0) is 11.8 Å². The van der Waals surface area contributed by atoms with Crippen molar-refractivity contribution < 1.29 is 9.84 Å².